The normalized spacial score (nSPS) is 11.0. The van der Waals surface area contributed by atoms with Crippen molar-refractivity contribution >= 4 is 17.2 Å². The molecule has 0 spiro atoms. The number of nitrogens with one attached hydrogen (secondary N) is 1. The molecule has 2 heterocycles. The molecule has 1 N–H and O–H groups in total. The standard InChI is InChI=1S/C18H11F3N4OS/c19-18(20,21)13-4-2-12(3-5-13)17-25-10-15(27-17)16(26)24-9-14-6-1-11(7-22)8-23-14/h1-6,8,10H,9H2,(H,24,26). The predicted molar refractivity (Wildman–Crippen MR) is 92.7 cm³/mol. The smallest absolute Gasteiger partial charge is 0.346 e. The SMILES string of the molecule is N#Cc1ccc(CNC(=O)c2cnc(-c3ccc(C(F)(F)F)cc3)s2)nc1. The molecule has 27 heavy (non-hydrogen) atoms. The van der Waals surface area contributed by atoms with E-state index >= 15 is 0 Å². The second kappa shape index (κ2) is 7.55. The average Bonchev–Trinajstić information content (AvgIpc) is 3.16. The number of carbonyl (C=O) groups is 1. The third kappa shape index (κ3) is 4.48. The molecule has 0 saturated heterocycles. The zero-order chi connectivity index (χ0) is 19.4. The number of pyridine rings is 1. The van der Waals surface area contributed by atoms with Crippen LogP contribution in [0.2, 0.25) is 0 Å². The summed E-state index contributed by atoms with van der Waals surface area (Å²) in [6, 6.07) is 9.80. The van der Waals surface area contributed by atoms with Gasteiger partial charge in [0.25, 0.3) is 5.91 Å². The summed E-state index contributed by atoms with van der Waals surface area (Å²) in [5, 5.41) is 11.9. The van der Waals surface area contributed by atoms with Gasteiger partial charge in [-0.1, -0.05) is 12.1 Å². The fourth-order valence-corrected chi connectivity index (χ4v) is 3.01. The lowest BCUT2D eigenvalue weighted by Crippen LogP contribution is -2.22. The second-order valence-electron chi connectivity index (χ2n) is 5.44. The Morgan fingerprint density at radius 2 is 1.85 bits per heavy atom. The molecule has 0 radical (unpaired) electrons. The van der Waals surface area contributed by atoms with E-state index in [1.807, 2.05) is 6.07 Å². The van der Waals surface area contributed by atoms with Gasteiger partial charge in [0.2, 0.25) is 0 Å². The van der Waals surface area contributed by atoms with E-state index in [9.17, 15) is 18.0 Å². The van der Waals surface area contributed by atoms with E-state index in [4.69, 9.17) is 5.26 Å². The van der Waals surface area contributed by atoms with Gasteiger partial charge in [0.05, 0.1) is 29.6 Å². The van der Waals surface area contributed by atoms with Crippen LogP contribution in [-0.4, -0.2) is 15.9 Å². The molecule has 3 rings (SSSR count). The molecular formula is C18H11F3N4OS. The molecule has 136 valence electrons. The van der Waals surface area contributed by atoms with E-state index in [1.165, 1.54) is 24.5 Å². The third-order valence-electron chi connectivity index (χ3n) is 3.57. The van der Waals surface area contributed by atoms with Gasteiger partial charge in [-0.05, 0) is 24.3 Å². The quantitative estimate of drug-likeness (QED) is 0.732. The maximum Gasteiger partial charge on any atom is 0.416 e. The maximum atomic E-state index is 12.6. The fraction of sp³-hybridized carbons (Fsp3) is 0.111. The largest absolute Gasteiger partial charge is 0.416 e. The Hall–Kier alpha value is -3.25. The zero-order valence-corrected chi connectivity index (χ0v) is 14.4. The Balaban J connectivity index is 1.65. The lowest BCUT2D eigenvalue weighted by Gasteiger charge is -2.06. The summed E-state index contributed by atoms with van der Waals surface area (Å²) < 4.78 is 37.8. The first kappa shape index (κ1) is 18.5. The number of nitriles is 1. The monoisotopic (exact) mass is 388 g/mol. The van der Waals surface area contributed by atoms with Crippen molar-refractivity contribution in [2.45, 2.75) is 12.7 Å². The van der Waals surface area contributed by atoms with Crippen molar-refractivity contribution in [3.05, 3.63) is 70.5 Å². The van der Waals surface area contributed by atoms with Crippen LogP contribution < -0.4 is 5.32 Å². The summed E-state index contributed by atoms with van der Waals surface area (Å²) in [5.41, 5.74) is 0.778. The number of halogens is 3. The van der Waals surface area contributed by atoms with Crippen molar-refractivity contribution in [2.75, 3.05) is 0 Å². The number of hydrogen-bond acceptors (Lipinski definition) is 5. The molecule has 1 amide bonds. The van der Waals surface area contributed by atoms with Gasteiger partial charge in [0, 0.05) is 11.8 Å². The lowest BCUT2D eigenvalue weighted by atomic mass is 10.1. The lowest BCUT2D eigenvalue weighted by molar-refractivity contribution is -0.137. The van der Waals surface area contributed by atoms with Crippen LogP contribution in [0.3, 0.4) is 0 Å². The van der Waals surface area contributed by atoms with Crippen molar-refractivity contribution in [1.29, 1.82) is 5.26 Å². The molecule has 9 heteroatoms. The highest BCUT2D eigenvalue weighted by atomic mass is 32.1. The summed E-state index contributed by atoms with van der Waals surface area (Å²) in [4.78, 5) is 20.7. The van der Waals surface area contributed by atoms with Crippen molar-refractivity contribution in [3.8, 4) is 16.6 Å². The fourth-order valence-electron chi connectivity index (χ4n) is 2.17. The molecule has 0 aliphatic heterocycles. The first-order chi connectivity index (χ1) is 12.9. The molecule has 0 unspecified atom stereocenters. The van der Waals surface area contributed by atoms with Gasteiger partial charge in [-0.3, -0.25) is 9.78 Å². The van der Waals surface area contributed by atoms with Crippen LogP contribution in [-0.2, 0) is 12.7 Å². The van der Waals surface area contributed by atoms with Gasteiger partial charge < -0.3 is 5.32 Å². The number of carbonyl (C=O) groups excluding carboxylic acids is 1. The Bertz CT molecular complexity index is 989. The number of nitrogens with zero attached hydrogens (tertiary/aromatic N) is 3. The van der Waals surface area contributed by atoms with E-state index in [1.54, 1.807) is 12.1 Å². The number of rotatable bonds is 4. The average molecular weight is 388 g/mol. The van der Waals surface area contributed by atoms with E-state index in [0.717, 1.165) is 23.5 Å². The van der Waals surface area contributed by atoms with Crippen molar-refractivity contribution in [1.82, 2.24) is 15.3 Å². The zero-order valence-electron chi connectivity index (χ0n) is 13.6. The van der Waals surface area contributed by atoms with Gasteiger partial charge in [0.1, 0.15) is 16.0 Å². The van der Waals surface area contributed by atoms with Crippen LogP contribution in [0.1, 0.15) is 26.5 Å². The number of alkyl halides is 3. The molecule has 5 nitrogen and oxygen atoms in total. The van der Waals surface area contributed by atoms with E-state index < -0.39 is 11.7 Å². The van der Waals surface area contributed by atoms with Crippen LogP contribution in [0.25, 0.3) is 10.6 Å². The molecule has 0 aliphatic carbocycles. The highest BCUT2D eigenvalue weighted by Crippen LogP contribution is 2.32. The summed E-state index contributed by atoms with van der Waals surface area (Å²) in [6.07, 6.45) is -1.61. The molecule has 2 aromatic heterocycles. The minimum atomic E-state index is -4.40. The topological polar surface area (TPSA) is 78.7 Å². The highest BCUT2D eigenvalue weighted by molar-refractivity contribution is 7.16. The van der Waals surface area contributed by atoms with Crippen LogP contribution in [0.4, 0.5) is 13.2 Å². The molecule has 0 saturated carbocycles. The van der Waals surface area contributed by atoms with E-state index in [-0.39, 0.29) is 12.5 Å². The molecular weight excluding hydrogens is 377 g/mol. The van der Waals surface area contributed by atoms with Gasteiger partial charge in [-0.15, -0.1) is 11.3 Å². The van der Waals surface area contributed by atoms with Crippen LogP contribution in [0, 0.1) is 11.3 Å². The Kier molecular flexibility index (Phi) is 5.19. The maximum absolute atomic E-state index is 12.6. The molecule has 0 atom stereocenters. The number of hydrogen-bond donors (Lipinski definition) is 1. The highest BCUT2D eigenvalue weighted by Gasteiger charge is 2.30. The van der Waals surface area contributed by atoms with Gasteiger partial charge in [-0.2, -0.15) is 18.4 Å². The van der Waals surface area contributed by atoms with Crippen molar-refractivity contribution < 1.29 is 18.0 Å². The summed E-state index contributed by atoms with van der Waals surface area (Å²) in [6.45, 7) is 0.179. The van der Waals surface area contributed by atoms with Crippen LogP contribution in [0.5, 0.6) is 0 Å². The summed E-state index contributed by atoms with van der Waals surface area (Å²) in [5.74, 6) is -0.364. The summed E-state index contributed by atoms with van der Waals surface area (Å²) in [7, 11) is 0. The van der Waals surface area contributed by atoms with Gasteiger partial charge in [-0.25, -0.2) is 4.98 Å². The van der Waals surface area contributed by atoms with Gasteiger partial charge in [0.15, 0.2) is 0 Å². The second-order valence-corrected chi connectivity index (χ2v) is 6.47. The molecule has 1 aromatic carbocycles. The number of amides is 1. The van der Waals surface area contributed by atoms with Crippen molar-refractivity contribution in [2.24, 2.45) is 0 Å². The van der Waals surface area contributed by atoms with Crippen molar-refractivity contribution in [3.63, 3.8) is 0 Å². The Labute approximate surface area is 156 Å². The predicted octanol–water partition coefficient (Wildman–Crippen LogP) is 4.03. The molecule has 3 aromatic rings. The third-order valence-corrected chi connectivity index (χ3v) is 4.62. The Morgan fingerprint density at radius 3 is 2.44 bits per heavy atom. The minimum absolute atomic E-state index is 0.179. The number of thiazole rings is 1. The summed E-state index contributed by atoms with van der Waals surface area (Å²) >= 11 is 1.08. The Morgan fingerprint density at radius 1 is 1.11 bits per heavy atom. The molecule has 0 aliphatic rings. The van der Waals surface area contributed by atoms with E-state index in [2.05, 4.69) is 15.3 Å². The first-order valence-electron chi connectivity index (χ1n) is 7.63. The van der Waals surface area contributed by atoms with Gasteiger partial charge >= 0.3 is 6.18 Å². The number of benzene rings is 1. The van der Waals surface area contributed by atoms with E-state index in [0.29, 0.717) is 26.7 Å². The minimum Gasteiger partial charge on any atom is -0.346 e. The molecule has 0 fully saturated rings. The van der Waals surface area contributed by atoms with Crippen LogP contribution in [0.15, 0.2) is 48.8 Å². The number of aromatic nitrogens is 2. The molecule has 0 bridgehead atoms. The van der Waals surface area contributed by atoms with Crippen LogP contribution >= 0.6 is 11.3 Å². The first-order valence-corrected chi connectivity index (χ1v) is 8.45.